The third kappa shape index (κ3) is 56.0. The number of amides is 1. The molecule has 6 N–H and O–H groups in total. The molecule has 11 nitrogen and oxygen atoms in total. The van der Waals surface area contributed by atoms with Gasteiger partial charge in [-0.05, 0) is 89.9 Å². The number of esters is 1. The summed E-state index contributed by atoms with van der Waals surface area (Å²) in [6.07, 6.45) is 80.0. The van der Waals surface area contributed by atoms with E-state index in [-0.39, 0.29) is 13.0 Å². The van der Waals surface area contributed by atoms with Crippen molar-refractivity contribution < 1.29 is 49.3 Å². The first-order valence-electron chi connectivity index (χ1n) is 40.1. The van der Waals surface area contributed by atoms with Crippen molar-refractivity contribution in [2.24, 2.45) is 0 Å². The van der Waals surface area contributed by atoms with Gasteiger partial charge in [0.15, 0.2) is 12.4 Å². The number of ether oxygens (including phenoxy) is 3. The normalized spacial score (nSPS) is 18.1. The van der Waals surface area contributed by atoms with Gasteiger partial charge >= 0.3 is 5.97 Å². The lowest BCUT2D eigenvalue weighted by Crippen LogP contribution is -2.61. The number of aliphatic hydroxyl groups excluding tert-OH is 5. The Hall–Kier alpha value is -2.64. The van der Waals surface area contributed by atoms with Crippen LogP contribution in [0, 0.1) is 0 Å². The van der Waals surface area contributed by atoms with Crippen LogP contribution in [0.1, 0.15) is 387 Å². The number of rotatable bonds is 70. The Balaban J connectivity index is 2.46. The lowest BCUT2D eigenvalue weighted by molar-refractivity contribution is -0.305. The van der Waals surface area contributed by atoms with Crippen LogP contribution in [-0.4, -0.2) is 99.6 Å². The second-order valence-corrected chi connectivity index (χ2v) is 27.8. The van der Waals surface area contributed by atoms with Gasteiger partial charge in [-0.2, -0.15) is 0 Å². The highest BCUT2D eigenvalue weighted by molar-refractivity contribution is 5.80. The molecule has 0 aromatic carbocycles. The lowest BCUT2D eigenvalue weighted by atomic mass is 9.99. The second kappa shape index (κ2) is 69.3. The van der Waals surface area contributed by atoms with E-state index in [1.165, 1.54) is 270 Å². The van der Waals surface area contributed by atoms with Gasteiger partial charge in [0, 0.05) is 6.42 Å². The van der Waals surface area contributed by atoms with Crippen LogP contribution in [0.5, 0.6) is 0 Å². The van der Waals surface area contributed by atoms with Gasteiger partial charge in [0.05, 0.1) is 25.4 Å². The molecule has 8 unspecified atom stereocenters. The third-order valence-corrected chi connectivity index (χ3v) is 18.9. The van der Waals surface area contributed by atoms with Gasteiger partial charge in [-0.15, -0.1) is 0 Å². The van der Waals surface area contributed by atoms with Gasteiger partial charge < -0.3 is 45.1 Å². The molecule has 0 aromatic heterocycles. The first kappa shape index (κ1) is 88.4. The van der Waals surface area contributed by atoms with Crippen LogP contribution in [0.2, 0.25) is 0 Å². The molecule has 544 valence electrons. The van der Waals surface area contributed by atoms with Gasteiger partial charge in [-0.25, -0.2) is 0 Å². The fourth-order valence-electron chi connectivity index (χ4n) is 12.6. The summed E-state index contributed by atoms with van der Waals surface area (Å²) in [6, 6.07) is -1.02. The van der Waals surface area contributed by atoms with E-state index in [0.717, 1.165) is 70.6 Å². The zero-order chi connectivity index (χ0) is 67.4. The van der Waals surface area contributed by atoms with E-state index >= 15 is 0 Å². The van der Waals surface area contributed by atoms with Crippen molar-refractivity contribution in [2.75, 3.05) is 13.2 Å². The number of unbranched alkanes of at least 4 members (excludes halogenated alkanes) is 48. The molecule has 11 heteroatoms. The molecule has 0 bridgehead atoms. The van der Waals surface area contributed by atoms with Crippen LogP contribution in [0.15, 0.2) is 60.8 Å². The predicted molar refractivity (Wildman–Crippen MR) is 393 cm³/mol. The summed E-state index contributed by atoms with van der Waals surface area (Å²) in [6.45, 7) is 5.81. The van der Waals surface area contributed by atoms with Crippen LogP contribution >= 0.6 is 0 Å². The highest BCUT2D eigenvalue weighted by atomic mass is 16.7. The van der Waals surface area contributed by atoms with Gasteiger partial charge in [0.1, 0.15) is 24.4 Å². The molecular weight excluding hydrogens is 1160 g/mol. The first-order chi connectivity index (χ1) is 45.7. The number of carbonyl (C=O) groups is 2. The molecule has 1 saturated heterocycles. The maximum absolute atomic E-state index is 13.5. The molecule has 1 amide bonds. The van der Waals surface area contributed by atoms with Crippen LogP contribution in [0.25, 0.3) is 0 Å². The summed E-state index contributed by atoms with van der Waals surface area (Å²) in [7, 11) is 0. The highest BCUT2D eigenvalue weighted by Gasteiger charge is 2.47. The summed E-state index contributed by atoms with van der Waals surface area (Å²) in [4.78, 5) is 26.8. The van der Waals surface area contributed by atoms with Crippen molar-refractivity contribution in [2.45, 2.75) is 436 Å². The van der Waals surface area contributed by atoms with Crippen LogP contribution in [0.4, 0.5) is 0 Å². The Kier molecular flexibility index (Phi) is 65.8. The number of carbonyl (C=O) groups excluding carboxylic acids is 2. The largest absolute Gasteiger partial charge is 0.454 e. The number of allylic oxidation sites excluding steroid dienone is 9. The molecule has 0 aliphatic carbocycles. The van der Waals surface area contributed by atoms with Gasteiger partial charge in [0.25, 0.3) is 0 Å². The fraction of sp³-hybridized carbons (Fsp3) is 0.854. The summed E-state index contributed by atoms with van der Waals surface area (Å²) in [5.74, 6) is -1.18. The standard InChI is InChI=1S/C82H151NO10/c1-4-7-10-13-16-19-22-24-26-28-30-32-34-36-38-40-42-44-46-48-50-52-55-58-61-64-67-70-77(87)93-80-79(89)78(88)76(71-84)92-82(80)91-72-73(74(85)68-65-62-59-56-53-21-18-15-12-9-6-3)83-81(90)75(86)69-66-63-60-57-54-51-49-47-45-43-41-39-37-35-33-31-29-27-25-23-20-17-14-11-8-5-2/h16,19,24-27,30,32,65,68,73-76,78-80,82,84-86,88-89H,4-15,17-18,20-23,28-29,31,33-64,66-67,69-72H2,1-3H3,(H,83,90)/b19-16-,26-24-,27-25+,32-30-,68-65+. The van der Waals surface area contributed by atoms with Gasteiger partial charge in [-0.3, -0.25) is 9.59 Å². The molecule has 0 radical (unpaired) electrons. The van der Waals surface area contributed by atoms with E-state index < -0.39 is 67.4 Å². The minimum Gasteiger partial charge on any atom is -0.454 e. The number of hydrogen-bond donors (Lipinski definition) is 6. The summed E-state index contributed by atoms with van der Waals surface area (Å²) in [5.41, 5.74) is 0. The summed E-state index contributed by atoms with van der Waals surface area (Å²) >= 11 is 0. The first-order valence-corrected chi connectivity index (χ1v) is 40.1. The third-order valence-electron chi connectivity index (χ3n) is 18.9. The van der Waals surface area contributed by atoms with E-state index in [0.29, 0.717) is 19.3 Å². The SMILES string of the molecule is CCCCC/C=C\C/C=C\C/C=C\CCCCCCCCCCCCCCCCC(=O)OC1C(OCC(NC(=O)C(O)CCCCCCCCCCCCCCCCCC/C=C/CCCCCCCC)C(O)/C=C/CCCCCCCCCCC)OC(CO)C(O)C1O. The molecule has 8 atom stereocenters. The topological polar surface area (TPSA) is 175 Å². The summed E-state index contributed by atoms with van der Waals surface area (Å²) < 4.78 is 17.7. The number of hydrogen-bond acceptors (Lipinski definition) is 10. The zero-order valence-corrected chi connectivity index (χ0v) is 60.9. The van der Waals surface area contributed by atoms with E-state index in [4.69, 9.17) is 14.2 Å². The zero-order valence-electron chi connectivity index (χ0n) is 60.9. The lowest BCUT2D eigenvalue weighted by Gasteiger charge is -2.41. The van der Waals surface area contributed by atoms with E-state index in [1.807, 2.05) is 6.08 Å². The Morgan fingerprint density at radius 2 is 0.742 bits per heavy atom. The summed E-state index contributed by atoms with van der Waals surface area (Å²) in [5, 5.41) is 57.4. The average Bonchev–Trinajstić information content (AvgIpc) is 0.842. The molecule has 1 aliphatic heterocycles. The minimum atomic E-state index is -1.61. The van der Waals surface area contributed by atoms with Crippen molar-refractivity contribution in [1.82, 2.24) is 5.32 Å². The van der Waals surface area contributed by atoms with Crippen molar-refractivity contribution >= 4 is 11.9 Å². The van der Waals surface area contributed by atoms with E-state index in [1.54, 1.807) is 6.08 Å². The highest BCUT2D eigenvalue weighted by Crippen LogP contribution is 2.27. The molecular formula is C82H151NO10. The van der Waals surface area contributed by atoms with Gasteiger partial charge in [-0.1, -0.05) is 351 Å². The van der Waals surface area contributed by atoms with E-state index in [2.05, 4.69) is 74.7 Å². The fourth-order valence-corrected chi connectivity index (χ4v) is 12.6. The number of nitrogens with one attached hydrogen (secondary N) is 1. The average molecular weight is 1310 g/mol. The van der Waals surface area contributed by atoms with Gasteiger partial charge in [0.2, 0.25) is 5.91 Å². The Labute approximate surface area is 573 Å². The maximum Gasteiger partial charge on any atom is 0.306 e. The molecule has 1 rings (SSSR count). The van der Waals surface area contributed by atoms with Crippen LogP contribution in [0.3, 0.4) is 0 Å². The monoisotopic (exact) mass is 1310 g/mol. The number of aliphatic hydroxyl groups is 5. The van der Waals surface area contributed by atoms with Crippen molar-refractivity contribution in [1.29, 1.82) is 0 Å². The van der Waals surface area contributed by atoms with Crippen LogP contribution < -0.4 is 5.32 Å². The van der Waals surface area contributed by atoms with Crippen LogP contribution in [-0.2, 0) is 23.8 Å². The quantitative estimate of drug-likeness (QED) is 0.0195. The van der Waals surface area contributed by atoms with Crippen molar-refractivity contribution in [3.05, 3.63) is 60.8 Å². The molecule has 1 aliphatic rings. The predicted octanol–water partition coefficient (Wildman–Crippen LogP) is 21.6. The molecule has 1 heterocycles. The van der Waals surface area contributed by atoms with Crippen molar-refractivity contribution in [3.63, 3.8) is 0 Å². The molecule has 0 saturated carbocycles. The molecule has 1 fully saturated rings. The maximum atomic E-state index is 13.5. The Bertz CT molecular complexity index is 1750. The smallest absolute Gasteiger partial charge is 0.306 e. The Morgan fingerprint density at radius 3 is 1.14 bits per heavy atom. The molecule has 0 spiro atoms. The van der Waals surface area contributed by atoms with Crippen molar-refractivity contribution in [3.8, 4) is 0 Å². The Morgan fingerprint density at radius 1 is 0.419 bits per heavy atom. The second-order valence-electron chi connectivity index (χ2n) is 27.8. The molecule has 93 heavy (non-hydrogen) atoms. The minimum absolute atomic E-state index is 0.124. The van der Waals surface area contributed by atoms with E-state index in [9.17, 15) is 35.1 Å². The molecule has 0 aromatic rings.